The number of benzene rings is 2. The quantitative estimate of drug-likeness (QED) is 0.168. The number of halogens is 5. The SMILES string of the molecule is CC(C)(C)CC(=O)Nc1nc2ccccn2c1-c1cccc(C(F)(F)F)c1.O=C(Nc1nc2ccc(F)cn2c1-c1cccc(Cl)c1)C1CCC1. The van der Waals surface area contributed by atoms with E-state index in [0.29, 0.717) is 39.1 Å². The number of amides is 2. The van der Waals surface area contributed by atoms with Gasteiger partial charge in [0.1, 0.15) is 17.1 Å². The predicted molar refractivity (Wildman–Crippen MR) is 190 cm³/mol. The summed E-state index contributed by atoms with van der Waals surface area (Å²) in [5.41, 5.74) is 2.27. The first-order valence-corrected chi connectivity index (χ1v) is 16.7. The number of imidazole rings is 2. The van der Waals surface area contributed by atoms with E-state index in [0.717, 1.165) is 37.0 Å². The van der Waals surface area contributed by atoms with Gasteiger partial charge in [-0.2, -0.15) is 13.2 Å². The Labute approximate surface area is 296 Å². The highest BCUT2D eigenvalue weighted by Gasteiger charge is 2.31. The summed E-state index contributed by atoms with van der Waals surface area (Å²) in [6.07, 6.45) is 1.76. The zero-order valence-electron chi connectivity index (χ0n) is 28.1. The van der Waals surface area contributed by atoms with Gasteiger partial charge in [-0.25, -0.2) is 14.4 Å². The molecular formula is C38H35ClF4N6O2. The van der Waals surface area contributed by atoms with Crippen LogP contribution in [0.1, 0.15) is 52.0 Å². The van der Waals surface area contributed by atoms with Gasteiger partial charge in [-0.1, -0.05) is 69.1 Å². The van der Waals surface area contributed by atoms with Crippen LogP contribution in [0.25, 0.3) is 33.8 Å². The maximum Gasteiger partial charge on any atom is 0.416 e. The summed E-state index contributed by atoms with van der Waals surface area (Å²) in [5.74, 6) is 0.0703. The number of anilines is 2. The molecule has 1 aliphatic rings. The summed E-state index contributed by atoms with van der Waals surface area (Å²) in [6.45, 7) is 5.80. The first kappa shape index (κ1) is 35.6. The van der Waals surface area contributed by atoms with Crippen molar-refractivity contribution in [2.75, 3.05) is 10.6 Å². The lowest BCUT2D eigenvalue weighted by Crippen LogP contribution is -2.28. The fourth-order valence-electron chi connectivity index (χ4n) is 5.77. The highest BCUT2D eigenvalue weighted by Crippen LogP contribution is 2.36. The highest BCUT2D eigenvalue weighted by atomic mass is 35.5. The zero-order valence-corrected chi connectivity index (χ0v) is 28.8. The van der Waals surface area contributed by atoms with Crippen LogP contribution < -0.4 is 10.6 Å². The van der Waals surface area contributed by atoms with Crippen LogP contribution in [-0.2, 0) is 15.8 Å². The predicted octanol–water partition coefficient (Wildman–Crippen LogP) is 9.93. The molecule has 0 aliphatic heterocycles. The van der Waals surface area contributed by atoms with E-state index >= 15 is 0 Å². The lowest BCUT2D eigenvalue weighted by atomic mass is 9.85. The summed E-state index contributed by atoms with van der Waals surface area (Å²) in [5, 5.41) is 6.23. The van der Waals surface area contributed by atoms with Gasteiger partial charge in [-0.15, -0.1) is 0 Å². The molecule has 0 atom stereocenters. The summed E-state index contributed by atoms with van der Waals surface area (Å²) in [6, 6.07) is 20.4. The molecule has 2 N–H and O–H groups in total. The number of alkyl halides is 3. The molecule has 2 aromatic carbocycles. The molecule has 7 rings (SSSR count). The second-order valence-corrected chi connectivity index (χ2v) is 14.1. The van der Waals surface area contributed by atoms with Crippen LogP contribution in [-0.4, -0.2) is 30.6 Å². The van der Waals surface area contributed by atoms with Crippen molar-refractivity contribution >= 4 is 46.3 Å². The van der Waals surface area contributed by atoms with E-state index in [1.54, 1.807) is 57.5 Å². The normalized spacial score (nSPS) is 13.4. The number of rotatable bonds is 6. The van der Waals surface area contributed by atoms with Crippen molar-refractivity contribution in [1.82, 2.24) is 18.8 Å². The van der Waals surface area contributed by atoms with Crippen LogP contribution >= 0.6 is 11.6 Å². The number of aromatic nitrogens is 4. The van der Waals surface area contributed by atoms with Gasteiger partial charge in [-0.05, 0) is 66.8 Å². The van der Waals surface area contributed by atoms with Gasteiger partial charge in [0.05, 0.1) is 17.0 Å². The van der Waals surface area contributed by atoms with Gasteiger partial charge in [0, 0.05) is 40.9 Å². The number of nitrogens with one attached hydrogen (secondary N) is 2. The van der Waals surface area contributed by atoms with E-state index in [9.17, 15) is 27.2 Å². The molecule has 13 heteroatoms. The Hall–Kier alpha value is -5.23. The van der Waals surface area contributed by atoms with E-state index < -0.39 is 11.7 Å². The van der Waals surface area contributed by atoms with Crippen molar-refractivity contribution in [3.63, 3.8) is 0 Å². The molecule has 0 radical (unpaired) electrons. The van der Waals surface area contributed by atoms with Crippen LogP contribution in [0.2, 0.25) is 5.02 Å². The molecular weight excluding hydrogens is 684 g/mol. The molecule has 0 spiro atoms. The average molecular weight is 719 g/mol. The standard InChI is InChI=1S/C20H20F3N3O.C18H15ClFN3O/c1-19(2,3)12-16(27)25-18-17(26-10-5-4-9-15(26)24-18)13-7-6-8-14(11-13)20(21,22)23;19-13-6-2-5-12(9-13)16-17(22-18(24)11-3-1-4-11)21-15-8-7-14(20)10-23(15)16/h4-11H,12H2,1-3H3,(H,25,27);2,5-11H,1,3-4H2,(H,22,24). The van der Waals surface area contributed by atoms with E-state index in [1.165, 1.54) is 18.3 Å². The third-order valence-corrected chi connectivity index (χ3v) is 8.58. The number of carbonyl (C=O) groups is 2. The largest absolute Gasteiger partial charge is 0.416 e. The van der Waals surface area contributed by atoms with Crippen molar-refractivity contribution in [3.05, 3.63) is 108 Å². The van der Waals surface area contributed by atoms with E-state index in [2.05, 4.69) is 20.6 Å². The monoisotopic (exact) mass is 718 g/mol. The van der Waals surface area contributed by atoms with Gasteiger partial charge < -0.3 is 10.6 Å². The summed E-state index contributed by atoms with van der Waals surface area (Å²) >= 11 is 6.09. The third kappa shape index (κ3) is 8.23. The topological polar surface area (TPSA) is 92.8 Å². The first-order chi connectivity index (χ1) is 24.2. The fourth-order valence-corrected chi connectivity index (χ4v) is 5.96. The van der Waals surface area contributed by atoms with Crippen LogP contribution in [0.4, 0.5) is 29.2 Å². The second-order valence-electron chi connectivity index (χ2n) is 13.6. The maximum absolute atomic E-state index is 13.7. The van der Waals surface area contributed by atoms with Crippen LogP contribution in [0, 0.1) is 17.2 Å². The minimum atomic E-state index is -4.45. The van der Waals surface area contributed by atoms with Crippen LogP contribution in [0.5, 0.6) is 0 Å². The average Bonchev–Trinajstić information content (AvgIpc) is 3.56. The number of fused-ring (bicyclic) bond motifs is 2. The lowest BCUT2D eigenvalue weighted by Gasteiger charge is -2.23. The molecule has 264 valence electrons. The number of hydrogen-bond acceptors (Lipinski definition) is 4. The zero-order chi connectivity index (χ0) is 36.5. The Morgan fingerprint density at radius 2 is 1.47 bits per heavy atom. The van der Waals surface area contributed by atoms with Crippen molar-refractivity contribution in [2.45, 2.75) is 52.6 Å². The molecule has 0 unspecified atom stereocenters. The Bertz CT molecular complexity index is 2230. The smallest absolute Gasteiger partial charge is 0.309 e. The van der Waals surface area contributed by atoms with E-state index in [4.69, 9.17) is 11.6 Å². The second kappa shape index (κ2) is 14.2. The first-order valence-electron chi connectivity index (χ1n) is 16.4. The number of hydrogen-bond donors (Lipinski definition) is 2. The van der Waals surface area contributed by atoms with Crippen LogP contribution in [0.3, 0.4) is 0 Å². The summed E-state index contributed by atoms with van der Waals surface area (Å²) in [4.78, 5) is 33.6. The molecule has 4 heterocycles. The molecule has 2 amide bonds. The summed E-state index contributed by atoms with van der Waals surface area (Å²) in [7, 11) is 0. The number of carbonyl (C=O) groups excluding carboxylic acids is 2. The highest BCUT2D eigenvalue weighted by molar-refractivity contribution is 6.30. The van der Waals surface area contributed by atoms with Gasteiger partial charge >= 0.3 is 6.18 Å². The molecule has 0 bridgehead atoms. The molecule has 51 heavy (non-hydrogen) atoms. The Morgan fingerprint density at radius 1 is 0.824 bits per heavy atom. The Balaban J connectivity index is 0.000000177. The van der Waals surface area contributed by atoms with Gasteiger partial charge in [0.15, 0.2) is 11.6 Å². The third-order valence-electron chi connectivity index (χ3n) is 8.34. The van der Waals surface area contributed by atoms with Crippen molar-refractivity contribution in [3.8, 4) is 22.5 Å². The van der Waals surface area contributed by atoms with Crippen LogP contribution in [0.15, 0.2) is 91.3 Å². The molecule has 1 saturated carbocycles. The van der Waals surface area contributed by atoms with E-state index in [-0.39, 0.29) is 41.2 Å². The fraction of sp³-hybridized carbons (Fsp3) is 0.263. The Kier molecular flexibility index (Phi) is 9.90. The van der Waals surface area contributed by atoms with Crippen molar-refractivity contribution < 1.29 is 27.2 Å². The molecule has 8 nitrogen and oxygen atoms in total. The van der Waals surface area contributed by atoms with Gasteiger partial charge in [0.2, 0.25) is 11.8 Å². The lowest BCUT2D eigenvalue weighted by molar-refractivity contribution is -0.137. The molecule has 0 saturated heterocycles. The van der Waals surface area contributed by atoms with E-state index in [1.807, 2.05) is 32.9 Å². The summed E-state index contributed by atoms with van der Waals surface area (Å²) < 4.78 is 56.4. The minimum Gasteiger partial charge on any atom is -0.309 e. The van der Waals surface area contributed by atoms with Gasteiger partial charge in [0.25, 0.3) is 0 Å². The number of pyridine rings is 2. The maximum atomic E-state index is 13.7. The minimum absolute atomic E-state index is 0.0339. The molecule has 4 aromatic heterocycles. The van der Waals surface area contributed by atoms with Crippen molar-refractivity contribution in [1.29, 1.82) is 0 Å². The Morgan fingerprint density at radius 3 is 2.12 bits per heavy atom. The number of nitrogens with zero attached hydrogens (tertiary/aromatic N) is 4. The van der Waals surface area contributed by atoms with Crippen molar-refractivity contribution in [2.24, 2.45) is 11.3 Å². The molecule has 1 fully saturated rings. The molecule has 1 aliphatic carbocycles. The molecule has 6 aromatic rings. The van der Waals surface area contributed by atoms with Gasteiger partial charge in [-0.3, -0.25) is 18.4 Å².